The van der Waals surface area contributed by atoms with Crippen LogP contribution in [0.15, 0.2) is 51.8 Å². The molecule has 1 amide bonds. The van der Waals surface area contributed by atoms with E-state index in [1.807, 2.05) is 12.1 Å². The second-order valence-corrected chi connectivity index (χ2v) is 9.86. The van der Waals surface area contributed by atoms with E-state index in [-0.39, 0.29) is 23.5 Å². The first-order valence-corrected chi connectivity index (χ1v) is 11.9. The summed E-state index contributed by atoms with van der Waals surface area (Å²) in [4.78, 5) is 12.3. The summed E-state index contributed by atoms with van der Waals surface area (Å²) in [6.45, 7) is 1.60. The highest BCUT2D eigenvalue weighted by Crippen LogP contribution is 2.24. The maximum atomic E-state index is 12.6. The summed E-state index contributed by atoms with van der Waals surface area (Å²) in [7, 11) is -3.56. The number of benzene rings is 2. The molecule has 2 aromatic carbocycles. The van der Waals surface area contributed by atoms with Crippen LogP contribution in [0.1, 0.15) is 37.7 Å². The highest BCUT2D eigenvalue weighted by Gasteiger charge is 2.22. The summed E-state index contributed by atoms with van der Waals surface area (Å²) in [6.07, 6.45) is 5.04. The predicted molar refractivity (Wildman–Crippen MR) is 117 cm³/mol. The Morgan fingerprint density at radius 1 is 1.10 bits per heavy atom. The fourth-order valence-corrected chi connectivity index (χ4v) is 4.99. The minimum absolute atomic E-state index is 0.00675. The summed E-state index contributed by atoms with van der Waals surface area (Å²) in [6, 6.07) is 11.9. The number of carbonyl (C=O) groups excluding carboxylic acids is 1. The smallest absolute Gasteiger partial charge is 0.262 e. The average molecular weight is 481 g/mol. The van der Waals surface area contributed by atoms with Gasteiger partial charge in [-0.3, -0.25) is 4.79 Å². The zero-order valence-corrected chi connectivity index (χ0v) is 18.7. The molecule has 1 aliphatic carbocycles. The van der Waals surface area contributed by atoms with Gasteiger partial charge in [0.15, 0.2) is 6.61 Å². The minimum Gasteiger partial charge on any atom is -0.483 e. The molecule has 0 saturated heterocycles. The van der Waals surface area contributed by atoms with Crippen LogP contribution in [0.3, 0.4) is 0 Å². The normalized spacial score (nSPS) is 15.1. The van der Waals surface area contributed by atoms with Crippen molar-refractivity contribution < 1.29 is 17.9 Å². The number of nitrogens with one attached hydrogen (secondary N) is 2. The van der Waals surface area contributed by atoms with Gasteiger partial charge in [-0.05, 0) is 67.8 Å². The second-order valence-electron chi connectivity index (χ2n) is 7.23. The van der Waals surface area contributed by atoms with E-state index in [4.69, 9.17) is 4.74 Å². The van der Waals surface area contributed by atoms with E-state index in [1.165, 1.54) is 12.5 Å². The molecule has 0 radical (unpaired) electrons. The lowest BCUT2D eigenvalue weighted by molar-refractivity contribution is -0.118. The number of amides is 1. The predicted octanol–water partition coefficient (Wildman–Crippen LogP) is 4.39. The van der Waals surface area contributed by atoms with Crippen LogP contribution in [0.4, 0.5) is 5.69 Å². The Labute approximate surface area is 180 Å². The van der Waals surface area contributed by atoms with E-state index >= 15 is 0 Å². The van der Waals surface area contributed by atoms with Crippen molar-refractivity contribution in [3.05, 3.63) is 52.5 Å². The molecule has 29 heavy (non-hydrogen) atoms. The van der Waals surface area contributed by atoms with Crippen LogP contribution in [0, 0.1) is 6.92 Å². The van der Waals surface area contributed by atoms with Gasteiger partial charge in [-0.1, -0.05) is 35.2 Å². The first-order chi connectivity index (χ1) is 13.8. The number of anilines is 1. The first kappa shape index (κ1) is 21.8. The van der Waals surface area contributed by atoms with Crippen molar-refractivity contribution in [2.24, 2.45) is 0 Å². The zero-order valence-electron chi connectivity index (χ0n) is 16.3. The van der Waals surface area contributed by atoms with Crippen LogP contribution in [0.25, 0.3) is 0 Å². The topological polar surface area (TPSA) is 84.5 Å². The monoisotopic (exact) mass is 480 g/mol. The molecule has 8 heteroatoms. The molecule has 1 fully saturated rings. The summed E-state index contributed by atoms with van der Waals surface area (Å²) < 4.78 is 34.6. The Morgan fingerprint density at radius 3 is 2.45 bits per heavy atom. The Kier molecular flexibility index (Phi) is 7.32. The van der Waals surface area contributed by atoms with Crippen LogP contribution in [0.2, 0.25) is 0 Å². The Hall–Kier alpha value is -1.90. The quantitative estimate of drug-likeness (QED) is 0.615. The Balaban J connectivity index is 1.58. The van der Waals surface area contributed by atoms with Gasteiger partial charge in [0, 0.05) is 16.2 Å². The number of hydrogen-bond donors (Lipinski definition) is 2. The van der Waals surface area contributed by atoms with E-state index in [1.54, 1.807) is 31.2 Å². The number of halogens is 1. The summed E-state index contributed by atoms with van der Waals surface area (Å²) >= 11 is 3.34. The third kappa shape index (κ3) is 6.29. The Morgan fingerprint density at radius 2 is 1.79 bits per heavy atom. The van der Waals surface area contributed by atoms with Crippen LogP contribution in [0.5, 0.6) is 5.75 Å². The van der Waals surface area contributed by atoms with E-state index in [0.717, 1.165) is 30.2 Å². The lowest BCUT2D eigenvalue weighted by Gasteiger charge is -2.22. The van der Waals surface area contributed by atoms with Crippen LogP contribution < -0.4 is 14.8 Å². The maximum absolute atomic E-state index is 12.6. The van der Waals surface area contributed by atoms with Crippen LogP contribution in [-0.2, 0) is 14.8 Å². The molecule has 0 bridgehead atoms. The number of ether oxygens (including phenoxy) is 1. The van der Waals surface area contributed by atoms with Gasteiger partial charge < -0.3 is 10.1 Å². The van der Waals surface area contributed by atoms with E-state index < -0.39 is 10.0 Å². The Bertz CT molecular complexity index is 955. The van der Waals surface area contributed by atoms with Gasteiger partial charge in [-0.25, -0.2) is 13.1 Å². The molecule has 2 N–H and O–H groups in total. The van der Waals surface area contributed by atoms with Gasteiger partial charge in [0.25, 0.3) is 5.91 Å². The highest BCUT2D eigenvalue weighted by atomic mass is 79.9. The molecule has 0 unspecified atom stereocenters. The average Bonchev–Trinajstić information content (AvgIpc) is 2.69. The third-order valence-electron chi connectivity index (χ3n) is 4.87. The van der Waals surface area contributed by atoms with Crippen molar-refractivity contribution in [3.63, 3.8) is 0 Å². The molecule has 0 spiro atoms. The van der Waals surface area contributed by atoms with Gasteiger partial charge in [-0.2, -0.15) is 0 Å². The molecule has 0 atom stereocenters. The van der Waals surface area contributed by atoms with Gasteiger partial charge >= 0.3 is 0 Å². The van der Waals surface area contributed by atoms with Crippen molar-refractivity contribution in [2.75, 3.05) is 11.9 Å². The van der Waals surface area contributed by atoms with Gasteiger partial charge in [0.2, 0.25) is 10.0 Å². The second kappa shape index (κ2) is 9.73. The highest BCUT2D eigenvalue weighted by molar-refractivity contribution is 9.10. The number of sulfonamides is 1. The van der Waals surface area contributed by atoms with E-state index in [2.05, 4.69) is 26.0 Å². The van der Waals surface area contributed by atoms with E-state index in [9.17, 15) is 13.2 Å². The largest absolute Gasteiger partial charge is 0.483 e. The van der Waals surface area contributed by atoms with Crippen molar-refractivity contribution in [1.29, 1.82) is 0 Å². The molecule has 0 aromatic heterocycles. The molecule has 3 rings (SSSR count). The molecular weight excluding hydrogens is 456 g/mol. The number of rotatable bonds is 7. The molecule has 0 heterocycles. The molecule has 0 aliphatic heterocycles. The standard InChI is InChI=1S/C21H25BrN2O4S/c1-15-13-19(29(26,27)24-18-5-3-2-4-6-18)11-12-20(15)28-14-21(25)23-17-9-7-16(22)8-10-17/h7-13,18,24H,2-6,14H2,1H3,(H,23,25). The van der Waals surface area contributed by atoms with Gasteiger partial charge in [0.1, 0.15) is 5.75 Å². The van der Waals surface area contributed by atoms with Crippen molar-refractivity contribution in [1.82, 2.24) is 4.72 Å². The van der Waals surface area contributed by atoms with Crippen LogP contribution in [-0.4, -0.2) is 27.0 Å². The SMILES string of the molecule is Cc1cc(S(=O)(=O)NC2CCCCC2)ccc1OCC(=O)Nc1ccc(Br)cc1. The van der Waals surface area contributed by atoms with Crippen molar-refractivity contribution in [2.45, 2.75) is 50.0 Å². The molecule has 6 nitrogen and oxygen atoms in total. The summed E-state index contributed by atoms with van der Waals surface area (Å²) in [5.74, 6) is 0.190. The summed E-state index contributed by atoms with van der Waals surface area (Å²) in [5, 5.41) is 2.75. The lowest BCUT2D eigenvalue weighted by Crippen LogP contribution is -2.36. The number of hydrogen-bond acceptors (Lipinski definition) is 4. The molecule has 1 saturated carbocycles. The molecular formula is C21H25BrN2O4S. The van der Waals surface area contributed by atoms with Gasteiger partial charge in [-0.15, -0.1) is 0 Å². The van der Waals surface area contributed by atoms with Crippen molar-refractivity contribution in [3.8, 4) is 5.75 Å². The first-order valence-electron chi connectivity index (χ1n) is 9.65. The molecule has 1 aliphatic rings. The maximum Gasteiger partial charge on any atom is 0.262 e. The number of aryl methyl sites for hydroxylation is 1. The fourth-order valence-electron chi connectivity index (χ4n) is 3.33. The van der Waals surface area contributed by atoms with Gasteiger partial charge in [0.05, 0.1) is 4.90 Å². The fraction of sp³-hybridized carbons (Fsp3) is 0.381. The van der Waals surface area contributed by atoms with Crippen molar-refractivity contribution >= 4 is 37.5 Å². The number of carbonyl (C=O) groups is 1. The third-order valence-corrected chi connectivity index (χ3v) is 6.92. The van der Waals surface area contributed by atoms with E-state index in [0.29, 0.717) is 17.0 Å². The lowest BCUT2D eigenvalue weighted by atomic mass is 9.96. The molecule has 156 valence electrons. The van der Waals surface area contributed by atoms with Crippen LogP contribution >= 0.6 is 15.9 Å². The molecule has 2 aromatic rings. The summed E-state index contributed by atoms with van der Waals surface area (Å²) in [5.41, 5.74) is 1.33. The zero-order chi connectivity index (χ0) is 20.9. The minimum atomic E-state index is -3.56.